The van der Waals surface area contributed by atoms with Crippen molar-refractivity contribution in [3.63, 3.8) is 0 Å². The van der Waals surface area contributed by atoms with Gasteiger partial charge in [-0.3, -0.25) is 15.0 Å². The van der Waals surface area contributed by atoms with E-state index in [9.17, 15) is 19.7 Å². The number of aromatic carboxylic acids is 2. The molecule has 0 bridgehead atoms. The zero-order valence-electron chi connectivity index (χ0n) is 16.0. The second kappa shape index (κ2) is 10.3. The van der Waals surface area contributed by atoms with E-state index in [2.05, 4.69) is 10.2 Å². The van der Waals surface area contributed by atoms with Crippen LogP contribution in [0.4, 0.5) is 5.69 Å². The number of nitrogens with zero attached hydrogens (tertiary/aromatic N) is 2. The van der Waals surface area contributed by atoms with Crippen molar-refractivity contribution in [1.82, 2.24) is 10.2 Å². The number of carbonyl (C=O) groups is 2. The molecule has 154 valence electrons. The van der Waals surface area contributed by atoms with Gasteiger partial charge in [-0.25, -0.2) is 9.59 Å². The summed E-state index contributed by atoms with van der Waals surface area (Å²) in [5.41, 5.74) is 1.86. The highest BCUT2D eigenvalue weighted by Gasteiger charge is 2.11. The first kappa shape index (κ1) is 22.0. The summed E-state index contributed by atoms with van der Waals surface area (Å²) in [6.45, 7) is 6.61. The van der Waals surface area contributed by atoms with E-state index in [1.807, 2.05) is 12.1 Å². The summed E-state index contributed by atoms with van der Waals surface area (Å²) in [5.74, 6) is -2.23. The standard InChI is InChI=1S/C11H15N3O2.C9H8O4/c15-14(16)11-3-1-10(2-4-11)9-13-7-5-12-6-8-13;1-5-2-3-6(8(10)11)4-7(5)9(12)13/h1-4,12H,5-9H2;2-4H,1H3,(H,10,11)(H,12,13). The molecule has 29 heavy (non-hydrogen) atoms. The van der Waals surface area contributed by atoms with Gasteiger partial charge in [0.15, 0.2) is 0 Å². The van der Waals surface area contributed by atoms with Gasteiger partial charge in [-0.1, -0.05) is 18.2 Å². The van der Waals surface area contributed by atoms with Crippen molar-refractivity contribution >= 4 is 17.6 Å². The van der Waals surface area contributed by atoms with E-state index in [-0.39, 0.29) is 21.7 Å². The van der Waals surface area contributed by atoms with Crippen LogP contribution >= 0.6 is 0 Å². The van der Waals surface area contributed by atoms with Gasteiger partial charge in [-0.05, 0) is 30.2 Å². The number of non-ortho nitro benzene ring substituents is 1. The highest BCUT2D eigenvalue weighted by molar-refractivity contribution is 5.94. The van der Waals surface area contributed by atoms with E-state index in [4.69, 9.17) is 10.2 Å². The quantitative estimate of drug-likeness (QED) is 0.514. The van der Waals surface area contributed by atoms with Crippen molar-refractivity contribution < 1.29 is 24.7 Å². The molecular weight excluding hydrogens is 378 g/mol. The Morgan fingerprint density at radius 3 is 2.21 bits per heavy atom. The maximum Gasteiger partial charge on any atom is 0.335 e. The maximum absolute atomic E-state index is 10.6. The number of nitro benzene ring substituents is 1. The molecule has 0 aromatic heterocycles. The molecule has 2 aromatic carbocycles. The van der Waals surface area contributed by atoms with E-state index in [1.54, 1.807) is 19.1 Å². The minimum Gasteiger partial charge on any atom is -0.478 e. The number of rotatable bonds is 5. The fraction of sp³-hybridized carbons (Fsp3) is 0.300. The third-order valence-corrected chi connectivity index (χ3v) is 4.48. The molecule has 0 amide bonds. The van der Waals surface area contributed by atoms with Gasteiger partial charge in [-0.2, -0.15) is 0 Å². The Morgan fingerprint density at radius 1 is 1.07 bits per heavy atom. The zero-order valence-corrected chi connectivity index (χ0v) is 16.0. The summed E-state index contributed by atoms with van der Waals surface area (Å²) in [6, 6.07) is 10.8. The van der Waals surface area contributed by atoms with E-state index in [0.717, 1.165) is 44.4 Å². The molecule has 1 aliphatic heterocycles. The van der Waals surface area contributed by atoms with Crippen molar-refractivity contribution in [1.29, 1.82) is 0 Å². The van der Waals surface area contributed by atoms with Crippen LogP contribution in [0.15, 0.2) is 42.5 Å². The Labute approximate surface area is 167 Å². The Bertz CT molecular complexity index is 876. The van der Waals surface area contributed by atoms with Gasteiger partial charge >= 0.3 is 11.9 Å². The molecule has 1 aliphatic rings. The van der Waals surface area contributed by atoms with Crippen LogP contribution in [-0.2, 0) is 6.54 Å². The average molecular weight is 401 g/mol. The lowest BCUT2D eigenvalue weighted by Gasteiger charge is -2.27. The number of hydrogen-bond acceptors (Lipinski definition) is 6. The predicted molar refractivity (Wildman–Crippen MR) is 106 cm³/mol. The van der Waals surface area contributed by atoms with Crippen LogP contribution in [0, 0.1) is 17.0 Å². The Hall–Kier alpha value is -3.30. The lowest BCUT2D eigenvalue weighted by atomic mass is 10.1. The number of carboxylic acids is 2. The number of benzene rings is 2. The summed E-state index contributed by atoms with van der Waals surface area (Å²) < 4.78 is 0. The van der Waals surface area contributed by atoms with Crippen LogP contribution < -0.4 is 5.32 Å². The van der Waals surface area contributed by atoms with E-state index >= 15 is 0 Å². The Balaban J connectivity index is 0.000000212. The van der Waals surface area contributed by atoms with Gasteiger partial charge < -0.3 is 15.5 Å². The van der Waals surface area contributed by atoms with E-state index in [0.29, 0.717) is 5.56 Å². The third-order valence-electron chi connectivity index (χ3n) is 4.48. The van der Waals surface area contributed by atoms with Crippen LogP contribution in [0.3, 0.4) is 0 Å². The van der Waals surface area contributed by atoms with E-state index < -0.39 is 11.9 Å². The van der Waals surface area contributed by atoms with Crippen molar-refractivity contribution in [3.8, 4) is 0 Å². The van der Waals surface area contributed by atoms with Crippen LogP contribution in [0.2, 0.25) is 0 Å². The van der Waals surface area contributed by atoms with Crippen molar-refractivity contribution in [2.24, 2.45) is 0 Å². The van der Waals surface area contributed by atoms with Crippen molar-refractivity contribution in [2.75, 3.05) is 26.2 Å². The van der Waals surface area contributed by atoms with Crippen LogP contribution in [0.25, 0.3) is 0 Å². The summed E-state index contributed by atoms with van der Waals surface area (Å²) in [6.07, 6.45) is 0. The highest BCUT2D eigenvalue weighted by Crippen LogP contribution is 2.13. The minimum atomic E-state index is -1.12. The molecule has 0 unspecified atom stereocenters. The molecule has 0 radical (unpaired) electrons. The first-order valence-electron chi connectivity index (χ1n) is 9.01. The van der Waals surface area contributed by atoms with Crippen LogP contribution in [0.1, 0.15) is 31.8 Å². The largest absolute Gasteiger partial charge is 0.478 e. The molecule has 9 heteroatoms. The fourth-order valence-corrected chi connectivity index (χ4v) is 2.84. The van der Waals surface area contributed by atoms with Gasteiger partial charge in [0.05, 0.1) is 16.1 Å². The molecule has 3 N–H and O–H groups in total. The van der Waals surface area contributed by atoms with Crippen LogP contribution in [-0.4, -0.2) is 58.2 Å². The number of nitro groups is 1. The monoisotopic (exact) mass is 401 g/mol. The average Bonchev–Trinajstić information content (AvgIpc) is 2.69. The van der Waals surface area contributed by atoms with Crippen molar-refractivity contribution in [2.45, 2.75) is 13.5 Å². The summed E-state index contributed by atoms with van der Waals surface area (Å²) in [7, 11) is 0. The molecular formula is C20H23N3O6. The van der Waals surface area contributed by atoms with Gasteiger partial charge in [-0.15, -0.1) is 0 Å². The predicted octanol–water partition coefficient (Wildman–Crippen LogP) is 2.39. The minimum absolute atomic E-state index is 0.0111. The normalized spacial score (nSPS) is 13.8. The summed E-state index contributed by atoms with van der Waals surface area (Å²) >= 11 is 0. The van der Waals surface area contributed by atoms with Gasteiger partial charge in [0.2, 0.25) is 0 Å². The lowest BCUT2D eigenvalue weighted by molar-refractivity contribution is -0.384. The second-order valence-electron chi connectivity index (χ2n) is 6.59. The van der Waals surface area contributed by atoms with Gasteiger partial charge in [0, 0.05) is 44.9 Å². The molecule has 0 saturated carbocycles. The number of aryl methyl sites for hydroxylation is 1. The van der Waals surface area contributed by atoms with Gasteiger partial charge in [0.1, 0.15) is 0 Å². The first-order chi connectivity index (χ1) is 13.8. The van der Waals surface area contributed by atoms with Crippen molar-refractivity contribution in [3.05, 3.63) is 74.8 Å². The number of piperazine rings is 1. The first-order valence-corrected chi connectivity index (χ1v) is 9.01. The summed E-state index contributed by atoms with van der Waals surface area (Å²) in [4.78, 5) is 33.6. The van der Waals surface area contributed by atoms with Gasteiger partial charge in [0.25, 0.3) is 5.69 Å². The molecule has 1 heterocycles. The summed E-state index contributed by atoms with van der Waals surface area (Å²) in [5, 5.41) is 31.1. The number of nitrogens with one attached hydrogen (secondary N) is 1. The zero-order chi connectivity index (χ0) is 21.4. The number of carboxylic acid groups (broad SMARTS) is 2. The molecule has 0 aliphatic carbocycles. The Kier molecular flexibility index (Phi) is 7.81. The maximum atomic E-state index is 10.6. The molecule has 3 rings (SSSR count). The highest BCUT2D eigenvalue weighted by atomic mass is 16.6. The lowest BCUT2D eigenvalue weighted by Crippen LogP contribution is -2.42. The smallest absolute Gasteiger partial charge is 0.335 e. The van der Waals surface area contributed by atoms with Crippen LogP contribution in [0.5, 0.6) is 0 Å². The SMILES string of the molecule is Cc1ccc(C(=O)O)cc1C(=O)O.O=[N+]([O-])c1ccc(CN2CCNCC2)cc1. The fourth-order valence-electron chi connectivity index (χ4n) is 2.84. The molecule has 1 fully saturated rings. The molecule has 1 saturated heterocycles. The topological polar surface area (TPSA) is 133 Å². The number of hydrogen-bond donors (Lipinski definition) is 3. The molecule has 2 aromatic rings. The molecule has 0 spiro atoms. The molecule has 0 atom stereocenters. The van der Waals surface area contributed by atoms with E-state index in [1.165, 1.54) is 12.1 Å². The second-order valence-corrected chi connectivity index (χ2v) is 6.59. The molecule has 9 nitrogen and oxygen atoms in total. The Morgan fingerprint density at radius 2 is 1.69 bits per heavy atom. The third kappa shape index (κ3) is 6.66.